The molecule has 0 aliphatic carbocycles. The molecule has 0 spiro atoms. The van der Waals surface area contributed by atoms with Crippen LogP contribution in [0, 0.1) is 25.2 Å². The maximum absolute atomic E-state index is 9.14. The minimum atomic E-state index is 0.285. The van der Waals surface area contributed by atoms with Gasteiger partial charge in [0.1, 0.15) is 18.2 Å². The molecule has 0 saturated heterocycles. The van der Waals surface area contributed by atoms with E-state index in [1.807, 2.05) is 56.3 Å². The van der Waals surface area contributed by atoms with Crippen molar-refractivity contribution in [2.24, 2.45) is 0 Å². The minimum absolute atomic E-state index is 0.285. The van der Waals surface area contributed by atoms with Crippen molar-refractivity contribution < 1.29 is 4.74 Å². The molecule has 2 aromatic rings. The zero-order chi connectivity index (χ0) is 14.4. The molecule has 0 aliphatic rings. The maximum Gasteiger partial charge on any atom is 0.252 e. The van der Waals surface area contributed by atoms with Crippen LogP contribution in [0.25, 0.3) is 6.08 Å². The Labute approximate surface area is 118 Å². The molecule has 0 unspecified atom stereocenters. The summed E-state index contributed by atoms with van der Waals surface area (Å²) in [5.74, 6) is 0.285. The van der Waals surface area contributed by atoms with Gasteiger partial charge in [0.05, 0.1) is 5.69 Å². The zero-order valence-corrected chi connectivity index (χ0v) is 11.5. The molecule has 4 heteroatoms. The highest BCUT2D eigenvalue weighted by atomic mass is 16.5. The van der Waals surface area contributed by atoms with Crippen molar-refractivity contribution in [3.63, 3.8) is 0 Å². The van der Waals surface area contributed by atoms with Gasteiger partial charge in [-0.1, -0.05) is 36.4 Å². The third-order valence-corrected chi connectivity index (χ3v) is 2.96. The van der Waals surface area contributed by atoms with E-state index in [0.29, 0.717) is 12.2 Å². The van der Waals surface area contributed by atoms with Crippen LogP contribution in [-0.4, -0.2) is 16.8 Å². The fourth-order valence-corrected chi connectivity index (χ4v) is 1.69. The van der Waals surface area contributed by atoms with E-state index in [9.17, 15) is 0 Å². The van der Waals surface area contributed by atoms with Crippen molar-refractivity contribution in [3.8, 4) is 11.9 Å². The van der Waals surface area contributed by atoms with Crippen molar-refractivity contribution in [1.82, 2.24) is 10.2 Å². The molecule has 0 atom stereocenters. The molecule has 0 bridgehead atoms. The Hall–Kier alpha value is -2.67. The number of rotatable bonds is 4. The van der Waals surface area contributed by atoms with E-state index in [1.54, 1.807) is 0 Å². The number of nitriles is 1. The molecule has 0 radical (unpaired) electrons. The normalized spacial score (nSPS) is 10.4. The molecule has 0 N–H and O–H groups in total. The molecule has 0 aliphatic heterocycles. The Morgan fingerprint density at radius 1 is 1.20 bits per heavy atom. The monoisotopic (exact) mass is 265 g/mol. The van der Waals surface area contributed by atoms with E-state index in [4.69, 9.17) is 10.00 Å². The summed E-state index contributed by atoms with van der Waals surface area (Å²) < 4.78 is 5.50. The highest BCUT2D eigenvalue weighted by molar-refractivity contribution is 5.49. The number of aromatic nitrogens is 2. The number of hydrogen-bond acceptors (Lipinski definition) is 4. The summed E-state index contributed by atoms with van der Waals surface area (Å²) in [4.78, 5) is 0. The summed E-state index contributed by atoms with van der Waals surface area (Å²) in [6.07, 6.45) is 3.84. The van der Waals surface area contributed by atoms with Crippen LogP contribution in [0.3, 0.4) is 0 Å². The van der Waals surface area contributed by atoms with Gasteiger partial charge in [0, 0.05) is 0 Å². The first kappa shape index (κ1) is 13.8. The van der Waals surface area contributed by atoms with Gasteiger partial charge in [0.25, 0.3) is 5.88 Å². The summed E-state index contributed by atoms with van der Waals surface area (Å²) in [7, 11) is 0. The molecule has 0 fully saturated rings. The van der Waals surface area contributed by atoms with Gasteiger partial charge in [-0.05, 0) is 31.1 Å². The zero-order valence-electron chi connectivity index (χ0n) is 11.5. The van der Waals surface area contributed by atoms with E-state index < -0.39 is 0 Å². The van der Waals surface area contributed by atoms with Crippen LogP contribution in [0.5, 0.6) is 5.88 Å². The SMILES string of the molecule is Cc1nnc(OC/C=C/c2ccccc2)c(C#N)c1C. The highest BCUT2D eigenvalue weighted by Crippen LogP contribution is 2.19. The van der Waals surface area contributed by atoms with Gasteiger partial charge in [-0.25, -0.2) is 0 Å². The topological polar surface area (TPSA) is 58.8 Å². The Balaban J connectivity index is 2.04. The molecule has 0 amide bonds. The minimum Gasteiger partial charge on any atom is -0.471 e. The molecule has 1 heterocycles. The molecule has 4 nitrogen and oxygen atoms in total. The summed E-state index contributed by atoms with van der Waals surface area (Å²) in [5, 5.41) is 17.0. The van der Waals surface area contributed by atoms with Crippen molar-refractivity contribution in [2.45, 2.75) is 13.8 Å². The first-order chi connectivity index (χ1) is 9.72. The van der Waals surface area contributed by atoms with Crippen LogP contribution in [0.1, 0.15) is 22.4 Å². The van der Waals surface area contributed by atoms with E-state index in [2.05, 4.69) is 16.3 Å². The average molecular weight is 265 g/mol. The van der Waals surface area contributed by atoms with Gasteiger partial charge in [0.2, 0.25) is 0 Å². The summed E-state index contributed by atoms with van der Waals surface area (Å²) >= 11 is 0. The van der Waals surface area contributed by atoms with Crippen LogP contribution in [0.15, 0.2) is 36.4 Å². The van der Waals surface area contributed by atoms with Crippen molar-refractivity contribution in [3.05, 3.63) is 58.8 Å². The number of nitrogens with zero attached hydrogens (tertiary/aromatic N) is 3. The Morgan fingerprint density at radius 3 is 2.65 bits per heavy atom. The van der Waals surface area contributed by atoms with Crippen LogP contribution < -0.4 is 4.74 Å². The van der Waals surface area contributed by atoms with E-state index in [-0.39, 0.29) is 5.88 Å². The second kappa shape index (κ2) is 6.48. The van der Waals surface area contributed by atoms with Crippen molar-refractivity contribution >= 4 is 6.08 Å². The van der Waals surface area contributed by atoms with Crippen molar-refractivity contribution in [1.29, 1.82) is 5.26 Å². The Bertz CT molecular complexity index is 657. The van der Waals surface area contributed by atoms with Gasteiger partial charge in [-0.2, -0.15) is 10.4 Å². The molecule has 1 aromatic heterocycles. The molecule has 0 saturated carbocycles. The average Bonchev–Trinajstić information content (AvgIpc) is 2.48. The van der Waals surface area contributed by atoms with Crippen LogP contribution >= 0.6 is 0 Å². The largest absolute Gasteiger partial charge is 0.471 e. The first-order valence-electron chi connectivity index (χ1n) is 6.30. The van der Waals surface area contributed by atoms with Gasteiger partial charge >= 0.3 is 0 Å². The van der Waals surface area contributed by atoms with Gasteiger partial charge in [0.15, 0.2) is 0 Å². The van der Waals surface area contributed by atoms with Crippen LogP contribution in [-0.2, 0) is 0 Å². The molecule has 1 aromatic carbocycles. The lowest BCUT2D eigenvalue weighted by molar-refractivity contribution is 0.342. The standard InChI is InChI=1S/C16H15N3O/c1-12-13(2)18-19-16(15(12)11-17)20-10-6-9-14-7-4-3-5-8-14/h3-9H,10H2,1-2H3/b9-6+. The molecular weight excluding hydrogens is 250 g/mol. The maximum atomic E-state index is 9.14. The predicted molar refractivity (Wildman–Crippen MR) is 77.2 cm³/mol. The van der Waals surface area contributed by atoms with E-state index in [1.165, 1.54) is 0 Å². The van der Waals surface area contributed by atoms with Gasteiger partial charge in [-0.3, -0.25) is 0 Å². The third kappa shape index (κ3) is 3.21. The van der Waals surface area contributed by atoms with E-state index >= 15 is 0 Å². The summed E-state index contributed by atoms with van der Waals surface area (Å²) in [6.45, 7) is 4.01. The smallest absolute Gasteiger partial charge is 0.252 e. The molecule has 20 heavy (non-hydrogen) atoms. The predicted octanol–water partition coefficient (Wildman–Crippen LogP) is 3.06. The number of hydrogen-bond donors (Lipinski definition) is 0. The first-order valence-corrected chi connectivity index (χ1v) is 6.30. The Morgan fingerprint density at radius 2 is 1.95 bits per heavy atom. The lowest BCUT2D eigenvalue weighted by atomic mass is 10.1. The summed E-state index contributed by atoms with van der Waals surface area (Å²) in [5.41, 5.74) is 3.10. The third-order valence-electron chi connectivity index (χ3n) is 2.96. The van der Waals surface area contributed by atoms with E-state index in [0.717, 1.165) is 16.8 Å². The number of benzene rings is 1. The fraction of sp³-hybridized carbons (Fsp3) is 0.188. The fourth-order valence-electron chi connectivity index (χ4n) is 1.69. The van der Waals surface area contributed by atoms with Gasteiger partial charge < -0.3 is 4.74 Å². The van der Waals surface area contributed by atoms with Crippen LogP contribution in [0.4, 0.5) is 0 Å². The molecule has 2 rings (SSSR count). The molecular formula is C16H15N3O. The van der Waals surface area contributed by atoms with Crippen molar-refractivity contribution in [2.75, 3.05) is 6.61 Å². The summed E-state index contributed by atoms with van der Waals surface area (Å²) in [6, 6.07) is 12.0. The van der Waals surface area contributed by atoms with Crippen LogP contribution in [0.2, 0.25) is 0 Å². The Kier molecular flexibility index (Phi) is 4.46. The quantitative estimate of drug-likeness (QED) is 0.852. The second-order valence-corrected chi connectivity index (χ2v) is 4.33. The highest BCUT2D eigenvalue weighted by Gasteiger charge is 2.11. The molecule has 100 valence electrons. The lowest BCUT2D eigenvalue weighted by Crippen LogP contribution is -2.04. The number of aryl methyl sites for hydroxylation is 1. The number of ether oxygens (including phenoxy) is 1. The lowest BCUT2D eigenvalue weighted by Gasteiger charge is -2.06. The second-order valence-electron chi connectivity index (χ2n) is 4.33. The van der Waals surface area contributed by atoms with Gasteiger partial charge in [-0.15, -0.1) is 5.10 Å².